The quantitative estimate of drug-likeness (QED) is 0.778. The predicted octanol–water partition coefficient (Wildman–Crippen LogP) is 3.51. The van der Waals surface area contributed by atoms with Crippen LogP contribution in [0.25, 0.3) is 0 Å². The van der Waals surface area contributed by atoms with Gasteiger partial charge in [-0.3, -0.25) is 5.41 Å². The van der Waals surface area contributed by atoms with E-state index in [0.29, 0.717) is 5.71 Å². The van der Waals surface area contributed by atoms with E-state index in [-0.39, 0.29) is 0 Å². The summed E-state index contributed by atoms with van der Waals surface area (Å²) in [7, 11) is 1.90. The van der Waals surface area contributed by atoms with Crippen molar-refractivity contribution < 1.29 is 0 Å². The second-order valence-electron chi connectivity index (χ2n) is 3.61. The van der Waals surface area contributed by atoms with Gasteiger partial charge in [0.25, 0.3) is 0 Å². The van der Waals surface area contributed by atoms with Crippen LogP contribution < -0.4 is 5.32 Å². The van der Waals surface area contributed by atoms with Crippen LogP contribution in [0.5, 0.6) is 0 Å². The molecule has 0 radical (unpaired) electrons. The van der Waals surface area contributed by atoms with Crippen molar-refractivity contribution in [1.82, 2.24) is 0 Å². The Kier molecular flexibility index (Phi) is 3.06. The minimum Gasteiger partial charge on any atom is -0.379 e. The summed E-state index contributed by atoms with van der Waals surface area (Å²) in [5, 5.41) is 14.5. The molecule has 0 aliphatic carbocycles. The van der Waals surface area contributed by atoms with Gasteiger partial charge in [0.15, 0.2) is 0 Å². The van der Waals surface area contributed by atoms with Crippen LogP contribution in [0.1, 0.15) is 16.7 Å². The lowest BCUT2D eigenvalue weighted by atomic mass is 10.0. The minimum absolute atomic E-state index is 0.587. The number of aryl methyl sites for hydroxylation is 1. The molecule has 0 saturated carbocycles. The van der Waals surface area contributed by atoms with Gasteiger partial charge in [-0.2, -0.15) is 0 Å². The highest BCUT2D eigenvalue weighted by molar-refractivity contribution is 7.14. The number of hydrogen-bond donors (Lipinski definition) is 2. The topological polar surface area (TPSA) is 35.9 Å². The van der Waals surface area contributed by atoms with Gasteiger partial charge >= 0.3 is 0 Å². The highest BCUT2D eigenvalue weighted by Crippen LogP contribution is 2.29. The minimum atomic E-state index is 0.587. The fraction of sp³-hybridized carbons (Fsp3) is 0.154. The average molecular weight is 230 g/mol. The summed E-state index contributed by atoms with van der Waals surface area (Å²) in [6.07, 6.45) is 0. The van der Waals surface area contributed by atoms with Crippen molar-refractivity contribution in [2.24, 2.45) is 0 Å². The number of nitrogens with one attached hydrogen (secondary N) is 2. The summed E-state index contributed by atoms with van der Waals surface area (Å²) >= 11 is 1.65. The SMILES string of the molecule is CNc1scc(C)c1C(=N)c1ccccc1. The van der Waals surface area contributed by atoms with Crippen LogP contribution >= 0.6 is 11.3 Å². The molecule has 0 aliphatic rings. The molecule has 0 fully saturated rings. The Hall–Kier alpha value is -1.61. The highest BCUT2D eigenvalue weighted by atomic mass is 32.1. The molecule has 0 atom stereocenters. The summed E-state index contributed by atoms with van der Waals surface area (Å²) in [5.74, 6) is 0. The Morgan fingerprint density at radius 2 is 1.94 bits per heavy atom. The largest absolute Gasteiger partial charge is 0.379 e. The van der Waals surface area contributed by atoms with Gasteiger partial charge in [0.05, 0.1) is 10.7 Å². The van der Waals surface area contributed by atoms with Gasteiger partial charge in [0.2, 0.25) is 0 Å². The molecule has 0 bridgehead atoms. The third kappa shape index (κ3) is 1.86. The predicted molar refractivity (Wildman–Crippen MR) is 71.0 cm³/mol. The molecule has 1 aromatic carbocycles. The molecule has 1 aromatic heterocycles. The second-order valence-corrected chi connectivity index (χ2v) is 4.49. The van der Waals surface area contributed by atoms with E-state index < -0.39 is 0 Å². The van der Waals surface area contributed by atoms with Crippen molar-refractivity contribution in [3.05, 3.63) is 52.4 Å². The Bertz CT molecular complexity index is 500. The maximum Gasteiger partial charge on any atom is 0.0978 e. The third-order valence-corrected chi connectivity index (χ3v) is 3.63. The van der Waals surface area contributed by atoms with E-state index in [0.717, 1.165) is 21.7 Å². The lowest BCUT2D eigenvalue weighted by molar-refractivity contribution is 1.42. The number of anilines is 1. The zero-order valence-electron chi connectivity index (χ0n) is 9.37. The first-order chi connectivity index (χ1) is 7.74. The van der Waals surface area contributed by atoms with E-state index in [1.165, 1.54) is 0 Å². The van der Waals surface area contributed by atoms with E-state index in [1.807, 2.05) is 44.3 Å². The fourth-order valence-corrected chi connectivity index (χ4v) is 2.60. The Morgan fingerprint density at radius 3 is 2.56 bits per heavy atom. The summed E-state index contributed by atoms with van der Waals surface area (Å²) in [6, 6.07) is 9.84. The second kappa shape index (κ2) is 4.49. The molecule has 16 heavy (non-hydrogen) atoms. The van der Waals surface area contributed by atoms with Crippen LogP contribution in [0.4, 0.5) is 5.00 Å². The first-order valence-electron chi connectivity index (χ1n) is 5.14. The van der Waals surface area contributed by atoms with Crippen molar-refractivity contribution >= 4 is 22.0 Å². The smallest absolute Gasteiger partial charge is 0.0978 e. The van der Waals surface area contributed by atoms with Gasteiger partial charge in [-0.05, 0) is 17.9 Å². The molecule has 2 rings (SSSR count). The lowest BCUT2D eigenvalue weighted by Crippen LogP contribution is -2.04. The van der Waals surface area contributed by atoms with E-state index in [4.69, 9.17) is 5.41 Å². The molecular formula is C13H14N2S. The molecular weight excluding hydrogens is 216 g/mol. The first kappa shape index (κ1) is 10.9. The van der Waals surface area contributed by atoms with Crippen molar-refractivity contribution in [2.45, 2.75) is 6.92 Å². The van der Waals surface area contributed by atoms with E-state index in [1.54, 1.807) is 11.3 Å². The molecule has 0 spiro atoms. The Labute approximate surface area is 99.5 Å². The van der Waals surface area contributed by atoms with Crippen LogP contribution in [-0.4, -0.2) is 12.8 Å². The number of hydrogen-bond acceptors (Lipinski definition) is 3. The van der Waals surface area contributed by atoms with Crippen LogP contribution in [0, 0.1) is 12.3 Å². The summed E-state index contributed by atoms with van der Waals surface area (Å²) in [5.41, 5.74) is 3.71. The van der Waals surface area contributed by atoms with Gasteiger partial charge in [-0.15, -0.1) is 11.3 Å². The summed E-state index contributed by atoms with van der Waals surface area (Å²) in [6.45, 7) is 2.05. The molecule has 2 N–H and O–H groups in total. The molecule has 2 aromatic rings. The van der Waals surface area contributed by atoms with E-state index in [2.05, 4.69) is 10.7 Å². The Morgan fingerprint density at radius 1 is 1.25 bits per heavy atom. The van der Waals surface area contributed by atoms with Gasteiger partial charge in [-0.25, -0.2) is 0 Å². The molecule has 0 saturated heterocycles. The van der Waals surface area contributed by atoms with Crippen molar-refractivity contribution in [3.63, 3.8) is 0 Å². The normalized spacial score (nSPS) is 10.1. The monoisotopic (exact) mass is 230 g/mol. The van der Waals surface area contributed by atoms with Crippen molar-refractivity contribution in [3.8, 4) is 0 Å². The highest BCUT2D eigenvalue weighted by Gasteiger charge is 2.13. The van der Waals surface area contributed by atoms with Crippen LogP contribution in [-0.2, 0) is 0 Å². The first-order valence-corrected chi connectivity index (χ1v) is 6.02. The molecule has 0 aliphatic heterocycles. The molecule has 2 nitrogen and oxygen atoms in total. The third-order valence-electron chi connectivity index (χ3n) is 2.51. The zero-order chi connectivity index (χ0) is 11.5. The average Bonchev–Trinajstić information content (AvgIpc) is 2.70. The number of benzene rings is 1. The molecule has 82 valence electrons. The number of thiophene rings is 1. The molecule has 1 heterocycles. The maximum absolute atomic E-state index is 8.24. The standard InChI is InChI=1S/C13H14N2S/c1-9-8-16-13(15-2)11(9)12(14)10-6-4-3-5-7-10/h3-8,14-15H,1-2H3. The zero-order valence-corrected chi connectivity index (χ0v) is 10.2. The fourth-order valence-electron chi connectivity index (χ4n) is 1.69. The van der Waals surface area contributed by atoms with Gasteiger partial charge in [0.1, 0.15) is 0 Å². The lowest BCUT2D eigenvalue weighted by Gasteiger charge is -2.07. The van der Waals surface area contributed by atoms with E-state index >= 15 is 0 Å². The van der Waals surface area contributed by atoms with Crippen LogP contribution in [0.15, 0.2) is 35.7 Å². The number of rotatable bonds is 3. The summed E-state index contributed by atoms with van der Waals surface area (Å²) < 4.78 is 0. The van der Waals surface area contributed by atoms with Gasteiger partial charge in [-0.1, -0.05) is 30.3 Å². The van der Waals surface area contributed by atoms with Crippen LogP contribution in [0.2, 0.25) is 0 Å². The maximum atomic E-state index is 8.24. The van der Waals surface area contributed by atoms with Gasteiger partial charge < -0.3 is 5.32 Å². The van der Waals surface area contributed by atoms with Crippen molar-refractivity contribution in [2.75, 3.05) is 12.4 Å². The summed E-state index contributed by atoms with van der Waals surface area (Å²) in [4.78, 5) is 0. The van der Waals surface area contributed by atoms with Gasteiger partial charge in [0, 0.05) is 18.2 Å². The molecule has 3 heteroatoms. The van der Waals surface area contributed by atoms with Crippen LogP contribution in [0.3, 0.4) is 0 Å². The molecule has 0 unspecified atom stereocenters. The van der Waals surface area contributed by atoms with Crippen molar-refractivity contribution in [1.29, 1.82) is 5.41 Å². The van der Waals surface area contributed by atoms with E-state index in [9.17, 15) is 0 Å². The molecule has 0 amide bonds. The Balaban J connectivity index is 2.45.